The zero-order chi connectivity index (χ0) is 21.3. The summed E-state index contributed by atoms with van der Waals surface area (Å²) >= 11 is 6.23. The van der Waals surface area contributed by atoms with Gasteiger partial charge >= 0.3 is 6.03 Å². The van der Waals surface area contributed by atoms with Crippen LogP contribution in [0.4, 0.5) is 4.79 Å². The van der Waals surface area contributed by atoms with Crippen LogP contribution in [0.15, 0.2) is 78.9 Å². The van der Waals surface area contributed by atoms with Crippen molar-refractivity contribution in [2.45, 2.75) is 12.5 Å². The molecule has 30 heavy (non-hydrogen) atoms. The second-order valence-electron chi connectivity index (χ2n) is 7.29. The van der Waals surface area contributed by atoms with E-state index in [0.717, 1.165) is 16.0 Å². The fourth-order valence-electron chi connectivity index (χ4n) is 3.60. The van der Waals surface area contributed by atoms with E-state index in [2.05, 4.69) is 5.32 Å². The van der Waals surface area contributed by atoms with Crippen molar-refractivity contribution in [3.63, 3.8) is 0 Å². The van der Waals surface area contributed by atoms with E-state index in [1.807, 2.05) is 42.5 Å². The maximum absolute atomic E-state index is 13.0. The largest absolute Gasteiger partial charge is 0.325 e. The third-order valence-corrected chi connectivity index (χ3v) is 5.63. The molecular formula is C24H19ClN2O3. The lowest BCUT2D eigenvalue weighted by atomic mass is 9.92. The van der Waals surface area contributed by atoms with E-state index < -0.39 is 17.5 Å². The molecule has 1 saturated heterocycles. The zero-order valence-electron chi connectivity index (χ0n) is 16.3. The number of hydrogen-bond acceptors (Lipinski definition) is 3. The molecule has 6 heteroatoms. The van der Waals surface area contributed by atoms with Gasteiger partial charge in [-0.2, -0.15) is 0 Å². The Kier molecular flexibility index (Phi) is 5.14. The van der Waals surface area contributed by atoms with E-state index in [1.54, 1.807) is 43.3 Å². The first-order valence-electron chi connectivity index (χ1n) is 9.48. The van der Waals surface area contributed by atoms with Gasteiger partial charge in [-0.3, -0.25) is 14.5 Å². The lowest BCUT2D eigenvalue weighted by Crippen LogP contribution is -2.41. The molecule has 1 unspecified atom stereocenters. The third-order valence-electron chi connectivity index (χ3n) is 5.30. The van der Waals surface area contributed by atoms with Gasteiger partial charge in [-0.05, 0) is 24.1 Å². The highest BCUT2D eigenvalue weighted by atomic mass is 35.5. The Morgan fingerprint density at radius 1 is 0.900 bits per heavy atom. The molecule has 0 saturated carbocycles. The van der Waals surface area contributed by atoms with Gasteiger partial charge in [0.2, 0.25) is 0 Å². The van der Waals surface area contributed by atoms with Crippen LogP contribution in [0.2, 0.25) is 5.02 Å². The number of Topliss-reactive ketones (excluding diaryl/α,β-unsaturated/α-hetero) is 1. The molecule has 150 valence electrons. The molecule has 1 N–H and O–H groups in total. The van der Waals surface area contributed by atoms with Crippen molar-refractivity contribution in [1.29, 1.82) is 0 Å². The van der Waals surface area contributed by atoms with Crippen LogP contribution in [0.1, 0.15) is 22.8 Å². The second kappa shape index (κ2) is 7.76. The molecule has 4 rings (SSSR count). The average Bonchev–Trinajstić information content (AvgIpc) is 2.98. The topological polar surface area (TPSA) is 66.5 Å². The van der Waals surface area contributed by atoms with Crippen molar-refractivity contribution < 1.29 is 14.4 Å². The quantitative estimate of drug-likeness (QED) is 0.484. The predicted molar refractivity (Wildman–Crippen MR) is 115 cm³/mol. The SMILES string of the molecule is CC1(c2ccccc2Cl)NC(=O)N(CC(=O)c2ccc(-c3ccccc3)cc2)C1=O. The molecule has 0 aliphatic carbocycles. The number of ketones is 1. The Bertz CT molecular complexity index is 1130. The van der Waals surface area contributed by atoms with Gasteiger partial charge in [-0.1, -0.05) is 84.4 Å². The number of carbonyl (C=O) groups excluding carboxylic acids is 3. The normalized spacial score (nSPS) is 18.4. The van der Waals surface area contributed by atoms with Gasteiger partial charge in [0, 0.05) is 16.1 Å². The molecular weight excluding hydrogens is 400 g/mol. The minimum atomic E-state index is -1.31. The highest BCUT2D eigenvalue weighted by molar-refractivity contribution is 6.32. The Morgan fingerprint density at radius 2 is 1.50 bits per heavy atom. The van der Waals surface area contributed by atoms with E-state index in [0.29, 0.717) is 16.1 Å². The third kappa shape index (κ3) is 3.48. The van der Waals surface area contributed by atoms with Gasteiger partial charge in [0.05, 0.1) is 6.54 Å². The minimum Gasteiger partial charge on any atom is -0.319 e. The molecule has 3 amide bonds. The molecule has 1 aliphatic rings. The summed E-state index contributed by atoms with van der Waals surface area (Å²) in [5.74, 6) is -0.823. The lowest BCUT2D eigenvalue weighted by molar-refractivity contribution is -0.130. The van der Waals surface area contributed by atoms with Crippen molar-refractivity contribution in [2.75, 3.05) is 6.54 Å². The second-order valence-corrected chi connectivity index (χ2v) is 7.70. The number of imide groups is 1. The van der Waals surface area contributed by atoms with Gasteiger partial charge in [0.15, 0.2) is 5.78 Å². The summed E-state index contributed by atoms with van der Waals surface area (Å²) in [6.07, 6.45) is 0. The van der Waals surface area contributed by atoms with Crippen molar-refractivity contribution in [2.24, 2.45) is 0 Å². The molecule has 3 aromatic rings. The Morgan fingerprint density at radius 3 is 2.17 bits per heavy atom. The van der Waals surface area contributed by atoms with E-state index >= 15 is 0 Å². The summed E-state index contributed by atoms with van der Waals surface area (Å²) in [6.45, 7) is 1.25. The van der Waals surface area contributed by atoms with E-state index in [1.165, 1.54) is 0 Å². The fraction of sp³-hybridized carbons (Fsp3) is 0.125. The molecule has 5 nitrogen and oxygen atoms in total. The number of carbonyl (C=O) groups is 3. The van der Waals surface area contributed by atoms with Crippen LogP contribution in [0.3, 0.4) is 0 Å². The van der Waals surface area contributed by atoms with Crippen LogP contribution in [0, 0.1) is 0 Å². The summed E-state index contributed by atoms with van der Waals surface area (Å²) in [6, 6.07) is 23.1. The standard InChI is InChI=1S/C24H19ClN2O3/c1-24(19-9-5-6-10-20(19)25)22(29)27(23(30)26-24)15-21(28)18-13-11-17(12-14-18)16-7-3-2-4-8-16/h2-14H,15H2,1H3,(H,26,30). The van der Waals surface area contributed by atoms with Crippen LogP contribution in [-0.2, 0) is 10.3 Å². The monoisotopic (exact) mass is 418 g/mol. The Labute approximate surface area is 179 Å². The van der Waals surface area contributed by atoms with Crippen LogP contribution < -0.4 is 5.32 Å². The van der Waals surface area contributed by atoms with Gasteiger partial charge in [-0.25, -0.2) is 4.79 Å². The fourth-order valence-corrected chi connectivity index (χ4v) is 3.93. The number of amides is 3. The lowest BCUT2D eigenvalue weighted by Gasteiger charge is -2.23. The maximum atomic E-state index is 13.0. The summed E-state index contributed by atoms with van der Waals surface area (Å²) in [5.41, 5.74) is 1.63. The molecule has 0 radical (unpaired) electrons. The van der Waals surface area contributed by atoms with E-state index in [-0.39, 0.29) is 12.3 Å². The van der Waals surface area contributed by atoms with Crippen LogP contribution in [0.5, 0.6) is 0 Å². The molecule has 1 fully saturated rings. The number of urea groups is 1. The molecule has 1 atom stereocenters. The molecule has 1 heterocycles. The highest BCUT2D eigenvalue weighted by Crippen LogP contribution is 2.33. The van der Waals surface area contributed by atoms with E-state index in [4.69, 9.17) is 11.6 Å². The summed E-state index contributed by atoms with van der Waals surface area (Å²) in [5, 5.41) is 3.05. The number of nitrogens with one attached hydrogen (secondary N) is 1. The van der Waals surface area contributed by atoms with Crippen molar-refractivity contribution in [3.8, 4) is 11.1 Å². The van der Waals surface area contributed by atoms with Gasteiger partial charge in [0.1, 0.15) is 5.54 Å². The zero-order valence-corrected chi connectivity index (χ0v) is 17.0. The molecule has 1 aliphatic heterocycles. The summed E-state index contributed by atoms with van der Waals surface area (Å²) < 4.78 is 0. The first-order valence-corrected chi connectivity index (χ1v) is 9.86. The van der Waals surface area contributed by atoms with Crippen molar-refractivity contribution in [3.05, 3.63) is 95.0 Å². The van der Waals surface area contributed by atoms with Crippen LogP contribution >= 0.6 is 11.6 Å². The van der Waals surface area contributed by atoms with Crippen molar-refractivity contribution in [1.82, 2.24) is 10.2 Å². The van der Waals surface area contributed by atoms with Crippen LogP contribution in [-0.4, -0.2) is 29.2 Å². The Hall–Kier alpha value is -3.44. The molecule has 0 aromatic heterocycles. The first kappa shape index (κ1) is 19.9. The minimum absolute atomic E-state index is 0.318. The van der Waals surface area contributed by atoms with Crippen LogP contribution in [0.25, 0.3) is 11.1 Å². The first-order chi connectivity index (χ1) is 14.4. The van der Waals surface area contributed by atoms with Gasteiger partial charge < -0.3 is 5.32 Å². The van der Waals surface area contributed by atoms with Crippen molar-refractivity contribution >= 4 is 29.3 Å². The molecule has 3 aromatic carbocycles. The number of hydrogen-bond donors (Lipinski definition) is 1. The number of rotatable bonds is 5. The number of halogens is 1. The molecule has 0 spiro atoms. The van der Waals surface area contributed by atoms with Gasteiger partial charge in [0.25, 0.3) is 5.91 Å². The summed E-state index contributed by atoms with van der Waals surface area (Å²) in [7, 11) is 0. The number of benzene rings is 3. The highest BCUT2D eigenvalue weighted by Gasteiger charge is 2.50. The maximum Gasteiger partial charge on any atom is 0.325 e. The summed E-state index contributed by atoms with van der Waals surface area (Å²) in [4.78, 5) is 39.2. The predicted octanol–water partition coefficient (Wildman–Crippen LogP) is 4.66. The average molecular weight is 419 g/mol. The van der Waals surface area contributed by atoms with E-state index in [9.17, 15) is 14.4 Å². The number of nitrogens with zero attached hydrogens (tertiary/aromatic N) is 1. The van der Waals surface area contributed by atoms with Gasteiger partial charge in [-0.15, -0.1) is 0 Å². The Balaban J connectivity index is 1.53. The smallest absolute Gasteiger partial charge is 0.319 e. The molecule has 0 bridgehead atoms.